The zero-order chi connectivity index (χ0) is 19.2. The molecule has 27 heavy (non-hydrogen) atoms. The molecule has 0 unspecified atom stereocenters. The maximum atomic E-state index is 12.5. The van der Waals surface area contributed by atoms with Crippen molar-refractivity contribution >= 4 is 39.6 Å². The second-order valence-electron chi connectivity index (χ2n) is 6.31. The molecule has 0 saturated carbocycles. The van der Waals surface area contributed by atoms with Gasteiger partial charge < -0.3 is 10.1 Å². The first-order valence-electron chi connectivity index (χ1n) is 9.02. The summed E-state index contributed by atoms with van der Waals surface area (Å²) in [6, 6.07) is 9.28. The molecule has 0 atom stereocenters. The summed E-state index contributed by atoms with van der Waals surface area (Å²) >= 11 is 6.84. The third kappa shape index (κ3) is 4.65. The number of aryl methyl sites for hydroxylation is 1. The van der Waals surface area contributed by atoms with Crippen molar-refractivity contribution in [1.29, 1.82) is 5.26 Å². The molecule has 0 aliphatic heterocycles. The molecule has 1 aromatic heterocycles. The van der Waals surface area contributed by atoms with E-state index in [1.54, 1.807) is 29.5 Å². The molecule has 1 heterocycles. The predicted molar refractivity (Wildman–Crippen MR) is 112 cm³/mol. The average molecular weight is 400 g/mol. The molecule has 2 N–H and O–H groups in total. The fourth-order valence-electron chi connectivity index (χ4n) is 3.03. The minimum absolute atomic E-state index is 0.190. The second-order valence-corrected chi connectivity index (χ2v) is 7.82. The monoisotopic (exact) mass is 399 g/mol. The van der Waals surface area contributed by atoms with E-state index in [-0.39, 0.29) is 11.0 Å². The molecule has 1 aliphatic rings. The molecule has 0 saturated heterocycles. The number of rotatable bonds is 5. The van der Waals surface area contributed by atoms with Gasteiger partial charge in [-0.15, -0.1) is 11.3 Å². The number of carbonyl (C=O) groups excluding carboxylic acids is 1. The fraction of sp³-hybridized carbons (Fsp3) is 0.350. The molecular weight excluding hydrogens is 378 g/mol. The number of nitrogens with one attached hydrogen (secondary N) is 2. The Kier molecular flexibility index (Phi) is 6.43. The quantitative estimate of drug-likeness (QED) is 0.728. The van der Waals surface area contributed by atoms with Gasteiger partial charge in [-0.05, 0) is 68.1 Å². The van der Waals surface area contributed by atoms with Crippen LogP contribution in [0.5, 0.6) is 5.75 Å². The maximum absolute atomic E-state index is 12.5. The van der Waals surface area contributed by atoms with E-state index in [1.165, 1.54) is 4.88 Å². The Morgan fingerprint density at radius 2 is 2.19 bits per heavy atom. The van der Waals surface area contributed by atoms with Gasteiger partial charge in [-0.25, -0.2) is 0 Å². The summed E-state index contributed by atoms with van der Waals surface area (Å²) in [6.45, 7) is 2.63. The van der Waals surface area contributed by atoms with Gasteiger partial charge in [0.1, 0.15) is 16.8 Å². The van der Waals surface area contributed by atoms with E-state index in [9.17, 15) is 10.1 Å². The number of nitriles is 1. The molecule has 0 spiro atoms. The van der Waals surface area contributed by atoms with Gasteiger partial charge in [-0.3, -0.25) is 10.1 Å². The number of fused-ring (bicyclic) bond motifs is 1. The van der Waals surface area contributed by atoms with Crippen molar-refractivity contribution in [3.8, 4) is 11.8 Å². The Balaban J connectivity index is 1.67. The summed E-state index contributed by atoms with van der Waals surface area (Å²) in [5, 5.41) is 16.1. The van der Waals surface area contributed by atoms with Crippen LogP contribution < -0.4 is 15.4 Å². The van der Waals surface area contributed by atoms with Crippen molar-refractivity contribution in [3.05, 3.63) is 45.8 Å². The molecule has 1 amide bonds. The first kappa shape index (κ1) is 19.3. The van der Waals surface area contributed by atoms with Gasteiger partial charge in [0.2, 0.25) is 0 Å². The normalized spacial score (nSPS) is 12.6. The summed E-state index contributed by atoms with van der Waals surface area (Å²) in [4.78, 5) is 13.7. The van der Waals surface area contributed by atoms with Crippen molar-refractivity contribution in [2.24, 2.45) is 0 Å². The maximum Gasteiger partial charge on any atom is 0.257 e. The second kappa shape index (κ2) is 8.98. The number of hydrogen-bond donors (Lipinski definition) is 2. The lowest BCUT2D eigenvalue weighted by molar-refractivity contribution is 0.0977. The summed E-state index contributed by atoms with van der Waals surface area (Å²) in [5.41, 5.74) is 2.26. The highest BCUT2D eigenvalue weighted by Crippen LogP contribution is 2.37. The van der Waals surface area contributed by atoms with Crippen molar-refractivity contribution in [1.82, 2.24) is 5.32 Å². The standard InChI is InChI=1S/C20H21N3O2S2/c1-2-10-25-14-7-5-6-13(11-14)18(24)22-20(26)23-19-16(12-21)15-8-3-4-9-17(15)27-19/h5-7,11H,2-4,8-10H2,1H3,(H2,22,23,24,26). The van der Waals surface area contributed by atoms with Crippen LogP contribution in [-0.4, -0.2) is 17.6 Å². The SMILES string of the molecule is CCCOc1cccc(C(=O)NC(=S)Nc2sc3c(c2C#N)CCCC3)c1. The van der Waals surface area contributed by atoms with Gasteiger partial charge in [0.15, 0.2) is 5.11 Å². The lowest BCUT2D eigenvalue weighted by Gasteiger charge is -2.10. The molecule has 140 valence electrons. The largest absolute Gasteiger partial charge is 0.494 e. The lowest BCUT2D eigenvalue weighted by atomic mass is 9.96. The van der Waals surface area contributed by atoms with Crippen LogP contribution in [0.3, 0.4) is 0 Å². The van der Waals surface area contributed by atoms with Gasteiger partial charge in [0, 0.05) is 10.4 Å². The molecule has 2 aromatic rings. The number of amides is 1. The van der Waals surface area contributed by atoms with Gasteiger partial charge in [0.25, 0.3) is 5.91 Å². The number of anilines is 1. The smallest absolute Gasteiger partial charge is 0.257 e. The van der Waals surface area contributed by atoms with Crippen LogP contribution in [0, 0.1) is 11.3 Å². The van der Waals surface area contributed by atoms with Gasteiger partial charge in [-0.1, -0.05) is 13.0 Å². The van der Waals surface area contributed by atoms with E-state index in [2.05, 4.69) is 16.7 Å². The molecule has 1 aromatic carbocycles. The minimum Gasteiger partial charge on any atom is -0.494 e. The summed E-state index contributed by atoms with van der Waals surface area (Å²) in [6.07, 6.45) is 5.08. The highest BCUT2D eigenvalue weighted by atomic mass is 32.1. The molecule has 3 rings (SSSR count). The first-order chi connectivity index (χ1) is 13.1. The number of benzene rings is 1. The van der Waals surface area contributed by atoms with E-state index < -0.39 is 0 Å². The molecule has 0 bridgehead atoms. The van der Waals surface area contributed by atoms with Crippen LogP contribution in [0.1, 0.15) is 52.5 Å². The molecule has 5 nitrogen and oxygen atoms in total. The number of thiocarbonyl (C=S) groups is 1. The topological polar surface area (TPSA) is 74.2 Å². The number of carbonyl (C=O) groups is 1. The van der Waals surface area contributed by atoms with Crippen LogP contribution in [0.4, 0.5) is 5.00 Å². The van der Waals surface area contributed by atoms with E-state index in [0.29, 0.717) is 23.5 Å². The van der Waals surface area contributed by atoms with Gasteiger partial charge in [0.05, 0.1) is 12.2 Å². The van der Waals surface area contributed by atoms with Crippen LogP contribution in [0.15, 0.2) is 24.3 Å². The highest BCUT2D eigenvalue weighted by molar-refractivity contribution is 7.80. The van der Waals surface area contributed by atoms with Crippen LogP contribution in [0.25, 0.3) is 0 Å². The third-order valence-corrected chi connectivity index (χ3v) is 5.72. The molecule has 0 radical (unpaired) electrons. The Hall–Kier alpha value is -2.43. The van der Waals surface area contributed by atoms with Crippen molar-refractivity contribution in [3.63, 3.8) is 0 Å². The number of nitrogens with zero attached hydrogens (tertiary/aromatic N) is 1. The van der Waals surface area contributed by atoms with Crippen LogP contribution >= 0.6 is 23.6 Å². The van der Waals surface area contributed by atoms with Crippen LogP contribution in [-0.2, 0) is 12.8 Å². The van der Waals surface area contributed by atoms with Crippen molar-refractivity contribution in [2.75, 3.05) is 11.9 Å². The Bertz CT molecular complexity index is 899. The van der Waals surface area contributed by atoms with Crippen molar-refractivity contribution < 1.29 is 9.53 Å². The van der Waals surface area contributed by atoms with E-state index in [1.807, 2.05) is 13.0 Å². The first-order valence-corrected chi connectivity index (χ1v) is 10.2. The molecular formula is C20H21N3O2S2. The average Bonchev–Trinajstić information content (AvgIpc) is 3.03. The van der Waals surface area contributed by atoms with Crippen LogP contribution in [0.2, 0.25) is 0 Å². The van der Waals surface area contributed by atoms with Crippen molar-refractivity contribution in [2.45, 2.75) is 39.0 Å². The fourth-order valence-corrected chi connectivity index (χ4v) is 4.53. The third-order valence-electron chi connectivity index (χ3n) is 4.31. The predicted octanol–water partition coefficient (Wildman–Crippen LogP) is 4.41. The molecule has 1 aliphatic carbocycles. The lowest BCUT2D eigenvalue weighted by Crippen LogP contribution is -2.34. The zero-order valence-corrected chi connectivity index (χ0v) is 16.8. The van der Waals surface area contributed by atoms with Gasteiger partial charge in [-0.2, -0.15) is 5.26 Å². The summed E-state index contributed by atoms with van der Waals surface area (Å²) < 4.78 is 5.56. The zero-order valence-electron chi connectivity index (χ0n) is 15.1. The molecule has 0 fully saturated rings. The van der Waals surface area contributed by atoms with E-state index in [4.69, 9.17) is 17.0 Å². The highest BCUT2D eigenvalue weighted by Gasteiger charge is 2.21. The van der Waals surface area contributed by atoms with Gasteiger partial charge >= 0.3 is 0 Å². The minimum atomic E-state index is -0.311. The number of thiophene rings is 1. The molecule has 7 heteroatoms. The summed E-state index contributed by atoms with van der Waals surface area (Å²) in [7, 11) is 0. The number of hydrogen-bond acceptors (Lipinski definition) is 5. The van der Waals surface area contributed by atoms with E-state index >= 15 is 0 Å². The van der Waals surface area contributed by atoms with E-state index in [0.717, 1.165) is 42.7 Å². The Labute approximate surface area is 168 Å². The Morgan fingerprint density at radius 3 is 2.96 bits per heavy atom. The Morgan fingerprint density at radius 1 is 1.37 bits per heavy atom. The number of ether oxygens (including phenoxy) is 1. The summed E-state index contributed by atoms with van der Waals surface area (Å²) in [5.74, 6) is 0.343.